The van der Waals surface area contributed by atoms with Gasteiger partial charge < -0.3 is 9.72 Å². The van der Waals surface area contributed by atoms with Gasteiger partial charge in [-0.15, -0.1) is 0 Å². The van der Waals surface area contributed by atoms with Crippen LogP contribution in [0.4, 0.5) is 8.78 Å². The fourth-order valence-corrected chi connectivity index (χ4v) is 1.81. The number of hydrogen-bond donors (Lipinski definition) is 1. The first-order chi connectivity index (χ1) is 7.06. The lowest BCUT2D eigenvalue weighted by molar-refractivity contribution is -0.0489. The number of alkyl halides is 2. The van der Waals surface area contributed by atoms with Gasteiger partial charge in [-0.2, -0.15) is 8.78 Å². The molecule has 0 unspecified atom stereocenters. The van der Waals surface area contributed by atoms with Crippen LogP contribution in [-0.2, 0) is 0 Å². The molecule has 0 bridgehead atoms. The van der Waals surface area contributed by atoms with Crippen molar-refractivity contribution >= 4 is 38.6 Å². The predicted molar refractivity (Wildman–Crippen MR) is 55.4 cm³/mol. The highest BCUT2D eigenvalue weighted by molar-refractivity contribution is 9.10. The number of fused-ring (bicyclic) bond motifs is 1. The molecule has 80 valence electrons. The van der Waals surface area contributed by atoms with Crippen molar-refractivity contribution < 1.29 is 13.5 Å². The summed E-state index contributed by atoms with van der Waals surface area (Å²) in [7, 11) is 0. The average molecular weight is 297 g/mol. The highest BCUT2D eigenvalue weighted by Crippen LogP contribution is 2.30. The molecule has 0 radical (unpaired) electrons. The van der Waals surface area contributed by atoms with Gasteiger partial charge in [0.2, 0.25) is 0 Å². The lowest BCUT2D eigenvalue weighted by Gasteiger charge is -2.04. The quantitative estimate of drug-likeness (QED) is 0.920. The number of nitrogens with zero attached hydrogens (tertiary/aromatic N) is 1. The number of halogens is 4. The molecule has 0 atom stereocenters. The zero-order valence-electron chi connectivity index (χ0n) is 7.10. The van der Waals surface area contributed by atoms with Gasteiger partial charge in [-0.05, 0) is 22.0 Å². The monoisotopic (exact) mass is 296 g/mol. The van der Waals surface area contributed by atoms with Gasteiger partial charge in [0.05, 0.1) is 5.52 Å². The van der Waals surface area contributed by atoms with Crippen molar-refractivity contribution in [3.8, 4) is 5.75 Å². The Kier molecular flexibility index (Phi) is 2.79. The molecule has 0 aliphatic carbocycles. The van der Waals surface area contributed by atoms with Gasteiger partial charge in [-0.3, -0.25) is 0 Å². The summed E-state index contributed by atoms with van der Waals surface area (Å²) in [4.78, 5) is 6.76. The molecule has 1 aromatic carbocycles. The predicted octanol–water partition coefficient (Wildman–Crippen LogP) is 3.58. The Morgan fingerprint density at radius 2 is 2.20 bits per heavy atom. The largest absolute Gasteiger partial charge is 0.432 e. The van der Waals surface area contributed by atoms with Crippen LogP contribution in [0.3, 0.4) is 0 Å². The van der Waals surface area contributed by atoms with Gasteiger partial charge in [0, 0.05) is 11.1 Å². The minimum Gasteiger partial charge on any atom is -0.432 e. The van der Waals surface area contributed by atoms with Crippen molar-refractivity contribution in [2.75, 3.05) is 0 Å². The Balaban J connectivity index is 2.59. The Morgan fingerprint density at radius 1 is 1.47 bits per heavy atom. The molecule has 1 aromatic heterocycles. The molecule has 0 spiro atoms. The standard InChI is InChI=1S/C8H4BrClF2N2O/c9-7-13-4-1-3(10)2-5(6(4)14-7)15-8(11)12/h1-2,8H,(H,13,14). The Bertz CT molecular complexity index is 503. The van der Waals surface area contributed by atoms with E-state index in [2.05, 4.69) is 30.6 Å². The van der Waals surface area contributed by atoms with Crippen LogP contribution in [0.1, 0.15) is 0 Å². The lowest BCUT2D eigenvalue weighted by atomic mass is 10.3. The number of hydrogen-bond acceptors (Lipinski definition) is 2. The minimum absolute atomic E-state index is 0.0468. The summed E-state index contributed by atoms with van der Waals surface area (Å²) in [5, 5.41) is 0.300. The normalized spacial score (nSPS) is 11.3. The number of ether oxygens (including phenoxy) is 1. The maximum Gasteiger partial charge on any atom is 0.387 e. The van der Waals surface area contributed by atoms with Crippen molar-refractivity contribution in [2.24, 2.45) is 0 Å². The fourth-order valence-electron chi connectivity index (χ4n) is 1.21. The van der Waals surface area contributed by atoms with Gasteiger partial charge in [-0.25, -0.2) is 4.98 Å². The van der Waals surface area contributed by atoms with Crippen LogP contribution < -0.4 is 4.74 Å². The SMILES string of the molecule is FC(F)Oc1cc(Cl)cc2[nH]c(Br)nc12. The number of benzene rings is 1. The maximum absolute atomic E-state index is 12.1. The summed E-state index contributed by atoms with van der Waals surface area (Å²) in [6.07, 6.45) is 0. The van der Waals surface area contributed by atoms with Crippen LogP contribution in [0.5, 0.6) is 5.75 Å². The molecule has 0 saturated heterocycles. The Hall–Kier alpha value is -0.880. The van der Waals surface area contributed by atoms with Crippen LogP contribution in [0, 0.1) is 0 Å². The smallest absolute Gasteiger partial charge is 0.387 e. The Morgan fingerprint density at radius 3 is 2.87 bits per heavy atom. The third kappa shape index (κ3) is 2.21. The highest BCUT2D eigenvalue weighted by atomic mass is 79.9. The van der Waals surface area contributed by atoms with Crippen molar-refractivity contribution in [1.82, 2.24) is 9.97 Å². The van der Waals surface area contributed by atoms with Gasteiger partial charge >= 0.3 is 6.61 Å². The maximum atomic E-state index is 12.1. The molecule has 15 heavy (non-hydrogen) atoms. The van der Waals surface area contributed by atoms with Crippen molar-refractivity contribution in [3.05, 3.63) is 21.9 Å². The average Bonchev–Trinajstić information content (AvgIpc) is 2.44. The molecular formula is C8H4BrClF2N2O. The number of H-pyrrole nitrogens is 1. The van der Waals surface area contributed by atoms with E-state index >= 15 is 0 Å². The first-order valence-corrected chi connectivity index (χ1v) is 5.03. The van der Waals surface area contributed by atoms with Gasteiger partial charge in [0.1, 0.15) is 5.52 Å². The van der Waals surface area contributed by atoms with Crippen molar-refractivity contribution in [2.45, 2.75) is 6.61 Å². The van der Waals surface area contributed by atoms with Crippen LogP contribution in [0.25, 0.3) is 11.0 Å². The van der Waals surface area contributed by atoms with Crippen LogP contribution in [-0.4, -0.2) is 16.6 Å². The van der Waals surface area contributed by atoms with E-state index in [1.165, 1.54) is 6.07 Å². The molecule has 3 nitrogen and oxygen atoms in total. The molecule has 1 heterocycles. The molecule has 0 aliphatic rings. The summed E-state index contributed by atoms with van der Waals surface area (Å²) in [6.45, 7) is -2.90. The van der Waals surface area contributed by atoms with E-state index in [-0.39, 0.29) is 5.75 Å². The molecule has 2 aromatic rings. The summed E-state index contributed by atoms with van der Waals surface area (Å²) < 4.78 is 28.9. The zero-order chi connectivity index (χ0) is 11.0. The second kappa shape index (κ2) is 3.94. The first kappa shape index (κ1) is 10.6. The molecule has 2 rings (SSSR count). The number of nitrogens with one attached hydrogen (secondary N) is 1. The molecule has 7 heteroatoms. The summed E-state index contributed by atoms with van der Waals surface area (Å²) in [6, 6.07) is 2.87. The molecule has 0 aliphatic heterocycles. The fraction of sp³-hybridized carbons (Fsp3) is 0.125. The molecule has 0 amide bonds. The first-order valence-electron chi connectivity index (χ1n) is 3.86. The second-order valence-electron chi connectivity index (χ2n) is 2.71. The topological polar surface area (TPSA) is 37.9 Å². The van der Waals surface area contributed by atoms with E-state index in [1.54, 1.807) is 6.07 Å². The summed E-state index contributed by atoms with van der Waals surface area (Å²) >= 11 is 8.83. The van der Waals surface area contributed by atoms with Crippen LogP contribution in [0.15, 0.2) is 16.9 Å². The second-order valence-corrected chi connectivity index (χ2v) is 3.89. The van der Waals surface area contributed by atoms with Gasteiger partial charge in [-0.1, -0.05) is 11.6 Å². The number of aromatic nitrogens is 2. The molecule has 0 saturated carbocycles. The van der Waals surface area contributed by atoms with Crippen LogP contribution in [0.2, 0.25) is 5.02 Å². The number of rotatable bonds is 2. The van der Waals surface area contributed by atoms with Crippen LogP contribution >= 0.6 is 27.5 Å². The van der Waals surface area contributed by atoms with E-state index < -0.39 is 6.61 Å². The Labute approximate surface area is 96.5 Å². The number of aromatic amines is 1. The van der Waals surface area contributed by atoms with Crippen molar-refractivity contribution in [3.63, 3.8) is 0 Å². The summed E-state index contributed by atoms with van der Waals surface area (Å²) in [5.41, 5.74) is 0.844. The van der Waals surface area contributed by atoms with E-state index in [1.807, 2.05) is 0 Å². The number of imidazole rings is 1. The molecule has 1 N–H and O–H groups in total. The zero-order valence-corrected chi connectivity index (χ0v) is 9.44. The third-order valence-electron chi connectivity index (χ3n) is 1.70. The van der Waals surface area contributed by atoms with Crippen molar-refractivity contribution in [1.29, 1.82) is 0 Å². The van der Waals surface area contributed by atoms with Gasteiger partial charge in [0.15, 0.2) is 10.5 Å². The molecular weight excluding hydrogens is 293 g/mol. The lowest BCUT2D eigenvalue weighted by Crippen LogP contribution is -2.02. The van der Waals surface area contributed by atoms with E-state index in [9.17, 15) is 8.78 Å². The third-order valence-corrected chi connectivity index (χ3v) is 2.30. The van der Waals surface area contributed by atoms with E-state index in [0.29, 0.717) is 20.8 Å². The van der Waals surface area contributed by atoms with Gasteiger partial charge in [0.25, 0.3) is 0 Å². The minimum atomic E-state index is -2.90. The molecule has 0 fully saturated rings. The van der Waals surface area contributed by atoms with E-state index in [0.717, 1.165) is 0 Å². The van der Waals surface area contributed by atoms with E-state index in [4.69, 9.17) is 11.6 Å². The highest BCUT2D eigenvalue weighted by Gasteiger charge is 2.13. The summed E-state index contributed by atoms with van der Waals surface area (Å²) in [5.74, 6) is -0.0468.